The van der Waals surface area contributed by atoms with Crippen molar-refractivity contribution in [3.05, 3.63) is 41.7 Å². The Bertz CT molecular complexity index is 718. The smallest absolute Gasteiger partial charge is 0.260 e. The lowest BCUT2D eigenvalue weighted by Crippen LogP contribution is -2.35. The summed E-state index contributed by atoms with van der Waals surface area (Å²) in [6.07, 6.45) is 2.00. The molecule has 3 N–H and O–H groups in total. The van der Waals surface area contributed by atoms with Crippen molar-refractivity contribution in [2.45, 2.75) is 31.3 Å². The summed E-state index contributed by atoms with van der Waals surface area (Å²) >= 11 is 0. The number of benzene rings is 1. The Balaban J connectivity index is 2.16. The highest BCUT2D eigenvalue weighted by molar-refractivity contribution is 7.89. The van der Waals surface area contributed by atoms with Crippen LogP contribution in [0, 0.1) is 6.92 Å². The van der Waals surface area contributed by atoms with Crippen LogP contribution in [0.4, 0.5) is 5.82 Å². The van der Waals surface area contributed by atoms with Crippen molar-refractivity contribution in [1.82, 2.24) is 14.3 Å². The van der Waals surface area contributed by atoms with Crippen molar-refractivity contribution in [2.24, 2.45) is 7.05 Å². The maximum atomic E-state index is 12.4. The molecule has 0 aliphatic heterocycles. The Hall–Kier alpha value is -1.86. The molecule has 1 unspecified atom stereocenters. The van der Waals surface area contributed by atoms with Gasteiger partial charge in [0.1, 0.15) is 0 Å². The molecule has 0 spiro atoms. The van der Waals surface area contributed by atoms with E-state index in [1.165, 1.54) is 10.9 Å². The third-order valence-electron chi connectivity index (χ3n) is 3.31. The van der Waals surface area contributed by atoms with E-state index in [0.29, 0.717) is 6.42 Å². The van der Waals surface area contributed by atoms with Crippen molar-refractivity contribution in [2.75, 3.05) is 5.73 Å². The fourth-order valence-electron chi connectivity index (χ4n) is 2.30. The van der Waals surface area contributed by atoms with Gasteiger partial charge in [-0.05, 0) is 31.4 Å². The summed E-state index contributed by atoms with van der Waals surface area (Å²) in [7, 11) is -2.08. The first-order valence-corrected chi connectivity index (χ1v) is 8.13. The first-order chi connectivity index (χ1) is 9.81. The Labute approximate surface area is 125 Å². The molecule has 2 aromatic rings. The van der Waals surface area contributed by atoms with E-state index in [0.717, 1.165) is 11.1 Å². The molecular weight excluding hydrogens is 288 g/mol. The minimum absolute atomic E-state index is 0.000802. The van der Waals surface area contributed by atoms with Crippen LogP contribution in [0.5, 0.6) is 0 Å². The maximum absolute atomic E-state index is 12.4. The molecule has 0 amide bonds. The summed E-state index contributed by atoms with van der Waals surface area (Å²) in [6.45, 7) is 3.84. The molecule has 0 saturated carbocycles. The second-order valence-electron chi connectivity index (χ2n) is 5.20. The average Bonchev–Trinajstić information content (AvgIpc) is 2.71. The molecule has 0 aliphatic rings. The predicted octanol–water partition coefficient (Wildman–Crippen LogP) is 1.22. The highest BCUT2D eigenvalue weighted by Crippen LogP contribution is 2.17. The second kappa shape index (κ2) is 5.87. The number of aromatic nitrogens is 2. The third-order valence-corrected chi connectivity index (χ3v) is 5.03. The van der Waals surface area contributed by atoms with Gasteiger partial charge in [-0.3, -0.25) is 0 Å². The minimum atomic E-state index is -3.69. The summed E-state index contributed by atoms with van der Waals surface area (Å²) in [5, 5.41) is -0.000802. The normalized spacial score (nSPS) is 13.3. The van der Waals surface area contributed by atoms with Crippen LogP contribution in [0.25, 0.3) is 0 Å². The first-order valence-electron chi connectivity index (χ1n) is 6.65. The summed E-state index contributed by atoms with van der Waals surface area (Å²) in [6, 6.07) is 7.67. The molecule has 6 nitrogen and oxygen atoms in total. The summed E-state index contributed by atoms with van der Waals surface area (Å²) in [4.78, 5) is 3.81. The molecule has 0 radical (unpaired) electrons. The number of aryl methyl sites for hydroxylation is 2. The quantitative estimate of drug-likeness (QED) is 0.869. The number of nitrogen functional groups attached to an aromatic ring is 1. The molecule has 2 rings (SSSR count). The Morgan fingerprint density at radius 2 is 2.05 bits per heavy atom. The molecule has 0 fully saturated rings. The number of nitrogens with one attached hydrogen (secondary N) is 1. The van der Waals surface area contributed by atoms with Gasteiger partial charge in [0.2, 0.25) is 0 Å². The molecule has 1 aromatic carbocycles. The minimum Gasteiger partial charge on any atom is -0.381 e. The lowest BCUT2D eigenvalue weighted by atomic mass is 10.0. The van der Waals surface area contributed by atoms with E-state index >= 15 is 0 Å². The van der Waals surface area contributed by atoms with Crippen molar-refractivity contribution in [3.8, 4) is 0 Å². The molecule has 0 aliphatic carbocycles. The van der Waals surface area contributed by atoms with Crippen LogP contribution < -0.4 is 10.5 Å². The van der Waals surface area contributed by atoms with Crippen LogP contribution in [-0.2, 0) is 23.5 Å². The van der Waals surface area contributed by atoms with Gasteiger partial charge in [-0.15, -0.1) is 0 Å². The zero-order valence-corrected chi connectivity index (χ0v) is 13.2. The number of rotatable bonds is 5. The van der Waals surface area contributed by atoms with E-state index in [1.54, 1.807) is 7.05 Å². The summed E-state index contributed by atoms with van der Waals surface area (Å²) in [5.74, 6) is 0.00749. The molecule has 114 valence electrons. The van der Waals surface area contributed by atoms with Gasteiger partial charge in [-0.25, -0.2) is 18.1 Å². The predicted molar refractivity (Wildman–Crippen MR) is 82.3 cm³/mol. The van der Waals surface area contributed by atoms with Crippen LogP contribution in [0.3, 0.4) is 0 Å². The van der Waals surface area contributed by atoms with Crippen LogP contribution in [0.1, 0.15) is 18.1 Å². The van der Waals surface area contributed by atoms with E-state index < -0.39 is 10.0 Å². The Kier molecular flexibility index (Phi) is 4.34. The van der Waals surface area contributed by atoms with E-state index in [-0.39, 0.29) is 16.9 Å². The van der Waals surface area contributed by atoms with Crippen LogP contribution in [0.15, 0.2) is 35.6 Å². The van der Waals surface area contributed by atoms with Gasteiger partial charge in [-0.1, -0.05) is 24.3 Å². The zero-order valence-electron chi connectivity index (χ0n) is 12.4. The van der Waals surface area contributed by atoms with E-state index in [4.69, 9.17) is 5.73 Å². The van der Waals surface area contributed by atoms with Gasteiger partial charge < -0.3 is 10.3 Å². The highest BCUT2D eigenvalue weighted by Gasteiger charge is 2.24. The van der Waals surface area contributed by atoms with Crippen LogP contribution in [-0.4, -0.2) is 24.0 Å². The number of hydrogen-bond donors (Lipinski definition) is 2. The second-order valence-corrected chi connectivity index (χ2v) is 6.83. The first kappa shape index (κ1) is 15.5. The van der Waals surface area contributed by atoms with Gasteiger partial charge >= 0.3 is 0 Å². The monoisotopic (exact) mass is 308 g/mol. The van der Waals surface area contributed by atoms with E-state index in [2.05, 4.69) is 9.71 Å². The largest absolute Gasteiger partial charge is 0.381 e. The van der Waals surface area contributed by atoms with Gasteiger partial charge in [0.25, 0.3) is 10.0 Å². The fraction of sp³-hybridized carbons (Fsp3) is 0.357. The molecule has 1 atom stereocenters. The highest BCUT2D eigenvalue weighted by atomic mass is 32.2. The number of imidazole rings is 1. The summed E-state index contributed by atoms with van der Waals surface area (Å²) < 4.78 is 28.8. The Morgan fingerprint density at radius 3 is 2.62 bits per heavy atom. The molecule has 0 bridgehead atoms. The molecule has 0 saturated heterocycles. The lowest BCUT2D eigenvalue weighted by Gasteiger charge is -2.16. The van der Waals surface area contributed by atoms with Crippen molar-refractivity contribution >= 4 is 15.8 Å². The fourth-order valence-corrected chi connectivity index (χ4v) is 3.77. The topological polar surface area (TPSA) is 90.0 Å². The van der Waals surface area contributed by atoms with Crippen molar-refractivity contribution < 1.29 is 8.42 Å². The molecule has 1 heterocycles. The molecule has 1 aromatic heterocycles. The van der Waals surface area contributed by atoms with Crippen molar-refractivity contribution in [1.29, 1.82) is 0 Å². The molecule has 21 heavy (non-hydrogen) atoms. The molecule has 7 heteroatoms. The average molecular weight is 308 g/mol. The summed E-state index contributed by atoms with van der Waals surface area (Å²) in [5.41, 5.74) is 7.89. The zero-order chi connectivity index (χ0) is 15.6. The third kappa shape index (κ3) is 3.43. The van der Waals surface area contributed by atoms with Gasteiger partial charge in [0.15, 0.2) is 10.8 Å². The number of nitrogens with zero attached hydrogens (tertiary/aromatic N) is 2. The number of nitrogens with two attached hydrogens (primary N) is 1. The van der Waals surface area contributed by atoms with Gasteiger partial charge in [-0.2, -0.15) is 0 Å². The number of sulfonamides is 1. The van der Waals surface area contributed by atoms with Gasteiger partial charge in [0.05, 0.1) is 6.33 Å². The molecular formula is C14H20N4O2S. The standard InChI is InChI=1S/C14H20N4O2S/c1-10-6-4-5-7-12(10)8-11(2)17-21(19,20)14-13(15)16-9-18(14)3/h4-7,9,11,17H,8,15H2,1-3H3. The SMILES string of the molecule is Cc1ccccc1CC(C)NS(=O)(=O)c1c(N)ncn1C. The Morgan fingerprint density at radius 1 is 1.38 bits per heavy atom. The maximum Gasteiger partial charge on any atom is 0.260 e. The van der Waals surface area contributed by atoms with Crippen LogP contribution >= 0.6 is 0 Å². The number of hydrogen-bond acceptors (Lipinski definition) is 4. The van der Waals surface area contributed by atoms with E-state index in [9.17, 15) is 8.42 Å². The number of anilines is 1. The lowest BCUT2D eigenvalue weighted by molar-refractivity contribution is 0.551. The van der Waals surface area contributed by atoms with E-state index in [1.807, 2.05) is 38.1 Å². The van der Waals surface area contributed by atoms with Gasteiger partial charge in [0, 0.05) is 13.1 Å². The van der Waals surface area contributed by atoms with Crippen molar-refractivity contribution in [3.63, 3.8) is 0 Å². The van der Waals surface area contributed by atoms with Crippen LogP contribution in [0.2, 0.25) is 0 Å².